The second-order valence-corrected chi connectivity index (χ2v) is 6.44. The third-order valence-corrected chi connectivity index (χ3v) is 3.70. The van der Waals surface area contributed by atoms with Crippen LogP contribution in [0.25, 0.3) is 16.7 Å². The molecule has 0 aliphatic rings. The Morgan fingerprint density at radius 1 is 1.09 bits per heavy atom. The molecule has 0 radical (unpaired) electrons. The highest BCUT2D eigenvalue weighted by atomic mass is 16.3. The molecule has 0 atom stereocenters. The number of fused-ring (bicyclic) bond motifs is 1. The maximum absolute atomic E-state index is 10.7. The van der Waals surface area contributed by atoms with Gasteiger partial charge in [0.15, 0.2) is 0 Å². The molecule has 0 saturated heterocycles. The van der Waals surface area contributed by atoms with E-state index in [2.05, 4.69) is 31.0 Å². The molecule has 0 bridgehead atoms. The normalized spacial score (nSPS) is 12.0. The summed E-state index contributed by atoms with van der Waals surface area (Å²) in [4.78, 5) is 1.48. The molecule has 0 aliphatic carbocycles. The van der Waals surface area contributed by atoms with E-state index in [1.54, 1.807) is 0 Å². The van der Waals surface area contributed by atoms with Crippen LogP contribution in [0.5, 0.6) is 5.75 Å². The molecule has 5 heteroatoms. The molecular weight excluding hydrogens is 276 g/mol. The van der Waals surface area contributed by atoms with Gasteiger partial charge in [-0.1, -0.05) is 39.0 Å². The van der Waals surface area contributed by atoms with Crippen molar-refractivity contribution in [3.05, 3.63) is 47.5 Å². The van der Waals surface area contributed by atoms with Gasteiger partial charge in [-0.2, -0.15) is 0 Å². The Hall–Kier alpha value is -2.40. The molecule has 3 rings (SSSR count). The van der Waals surface area contributed by atoms with Crippen LogP contribution in [0.4, 0.5) is 0 Å². The van der Waals surface area contributed by atoms with Crippen molar-refractivity contribution in [3.63, 3.8) is 0 Å². The van der Waals surface area contributed by atoms with Crippen molar-refractivity contribution in [1.29, 1.82) is 0 Å². The van der Waals surface area contributed by atoms with Crippen LogP contribution in [0, 0.1) is 0 Å². The zero-order valence-electron chi connectivity index (χ0n) is 13.0. The van der Waals surface area contributed by atoms with Gasteiger partial charge < -0.3 is 10.8 Å². The van der Waals surface area contributed by atoms with Crippen LogP contribution in [0.3, 0.4) is 0 Å². The second-order valence-electron chi connectivity index (χ2n) is 6.44. The van der Waals surface area contributed by atoms with Gasteiger partial charge in [-0.3, -0.25) is 0 Å². The lowest BCUT2D eigenvalue weighted by molar-refractivity contribution is 0.440. The predicted molar refractivity (Wildman–Crippen MR) is 87.1 cm³/mol. The number of hydrogen-bond acceptors (Lipinski definition) is 4. The third-order valence-electron chi connectivity index (χ3n) is 3.70. The van der Waals surface area contributed by atoms with E-state index in [1.165, 1.54) is 4.80 Å². The van der Waals surface area contributed by atoms with Gasteiger partial charge in [0.25, 0.3) is 0 Å². The Morgan fingerprint density at radius 2 is 1.68 bits per heavy atom. The molecule has 0 fully saturated rings. The fourth-order valence-electron chi connectivity index (χ4n) is 2.49. The average Bonchev–Trinajstić information content (AvgIpc) is 2.90. The van der Waals surface area contributed by atoms with Crippen LogP contribution in [-0.2, 0) is 12.0 Å². The lowest BCUT2D eigenvalue weighted by Gasteiger charge is -2.22. The van der Waals surface area contributed by atoms with Gasteiger partial charge in [0.1, 0.15) is 22.5 Å². The molecule has 0 unspecified atom stereocenters. The summed E-state index contributed by atoms with van der Waals surface area (Å²) < 4.78 is 0. The molecule has 1 aromatic heterocycles. The number of rotatable bonds is 2. The maximum atomic E-state index is 10.7. The summed E-state index contributed by atoms with van der Waals surface area (Å²) in [6.07, 6.45) is 0. The molecule has 5 nitrogen and oxygen atoms in total. The number of nitrogens with zero attached hydrogens (tertiary/aromatic N) is 3. The van der Waals surface area contributed by atoms with Gasteiger partial charge in [0, 0.05) is 12.1 Å². The standard InChI is InChI=1S/C17H20N4O/c1-17(2,3)12-8-11(10-18)9-15(16(12)22)21-19-13-6-4-5-7-14(13)20-21/h4-9,22H,10,18H2,1-3H3. The number of nitrogens with two attached hydrogens (primary N) is 1. The van der Waals surface area contributed by atoms with E-state index in [1.807, 2.05) is 36.4 Å². The molecule has 2 aromatic carbocycles. The number of phenolic OH excluding ortho intramolecular Hbond substituents is 1. The van der Waals surface area contributed by atoms with Gasteiger partial charge in [-0.25, -0.2) is 0 Å². The second kappa shape index (κ2) is 5.10. The van der Waals surface area contributed by atoms with Gasteiger partial charge in [0.2, 0.25) is 0 Å². The molecule has 0 saturated carbocycles. The van der Waals surface area contributed by atoms with Crippen molar-refractivity contribution < 1.29 is 5.11 Å². The van der Waals surface area contributed by atoms with E-state index >= 15 is 0 Å². The number of hydrogen-bond donors (Lipinski definition) is 2. The largest absolute Gasteiger partial charge is 0.505 e. The Balaban J connectivity index is 2.25. The Bertz CT molecular complexity index is 797. The Kier molecular flexibility index (Phi) is 3.37. The van der Waals surface area contributed by atoms with Crippen LogP contribution >= 0.6 is 0 Å². The fraction of sp³-hybridized carbons (Fsp3) is 0.294. The van der Waals surface area contributed by atoms with Crippen LogP contribution in [0.1, 0.15) is 31.9 Å². The lowest BCUT2D eigenvalue weighted by Crippen LogP contribution is -2.14. The monoisotopic (exact) mass is 296 g/mol. The van der Waals surface area contributed by atoms with E-state index in [9.17, 15) is 5.11 Å². The Labute approximate surface area is 129 Å². The lowest BCUT2D eigenvalue weighted by atomic mass is 9.85. The van der Waals surface area contributed by atoms with Gasteiger partial charge in [-0.05, 0) is 29.2 Å². The summed E-state index contributed by atoms with van der Waals surface area (Å²) in [5.41, 5.74) is 9.53. The summed E-state index contributed by atoms with van der Waals surface area (Å²) in [5.74, 6) is 0.199. The zero-order valence-corrected chi connectivity index (χ0v) is 13.0. The van der Waals surface area contributed by atoms with Crippen molar-refractivity contribution in [1.82, 2.24) is 15.0 Å². The molecule has 3 aromatic rings. The predicted octanol–water partition coefficient (Wildman–Crippen LogP) is 2.88. The van der Waals surface area contributed by atoms with Gasteiger partial charge in [0.05, 0.1) is 0 Å². The summed E-state index contributed by atoms with van der Waals surface area (Å²) in [6, 6.07) is 11.4. The average molecular weight is 296 g/mol. The van der Waals surface area contributed by atoms with Crippen LogP contribution in [-0.4, -0.2) is 20.1 Å². The summed E-state index contributed by atoms with van der Waals surface area (Å²) in [5, 5.41) is 19.6. The summed E-state index contributed by atoms with van der Waals surface area (Å²) in [6.45, 7) is 6.56. The minimum absolute atomic E-state index is 0.198. The smallest absolute Gasteiger partial charge is 0.146 e. The number of aromatic nitrogens is 3. The molecule has 114 valence electrons. The zero-order chi connectivity index (χ0) is 15.9. The molecule has 0 amide bonds. The minimum atomic E-state index is -0.198. The van der Waals surface area contributed by atoms with E-state index in [-0.39, 0.29) is 11.2 Å². The summed E-state index contributed by atoms with van der Waals surface area (Å²) in [7, 11) is 0. The van der Waals surface area contributed by atoms with E-state index in [0.717, 1.165) is 22.2 Å². The minimum Gasteiger partial charge on any atom is -0.505 e. The first-order valence-electron chi connectivity index (χ1n) is 7.29. The van der Waals surface area contributed by atoms with Crippen molar-refractivity contribution in [3.8, 4) is 11.4 Å². The van der Waals surface area contributed by atoms with Crippen molar-refractivity contribution in [2.75, 3.05) is 0 Å². The van der Waals surface area contributed by atoms with Crippen LogP contribution in [0.2, 0.25) is 0 Å². The number of aromatic hydroxyl groups is 1. The highest BCUT2D eigenvalue weighted by Crippen LogP contribution is 2.36. The third kappa shape index (κ3) is 2.44. The van der Waals surface area contributed by atoms with Gasteiger partial charge >= 0.3 is 0 Å². The first-order valence-corrected chi connectivity index (χ1v) is 7.29. The molecule has 0 aliphatic heterocycles. The highest BCUT2D eigenvalue weighted by Gasteiger charge is 2.22. The highest BCUT2D eigenvalue weighted by molar-refractivity contribution is 5.73. The van der Waals surface area contributed by atoms with Gasteiger partial charge in [-0.15, -0.1) is 15.0 Å². The maximum Gasteiger partial charge on any atom is 0.146 e. The van der Waals surface area contributed by atoms with E-state index in [4.69, 9.17) is 5.73 Å². The first-order chi connectivity index (χ1) is 10.4. The quantitative estimate of drug-likeness (QED) is 0.762. The fourth-order valence-corrected chi connectivity index (χ4v) is 2.49. The number of benzene rings is 2. The molecule has 0 spiro atoms. The Morgan fingerprint density at radius 3 is 2.18 bits per heavy atom. The van der Waals surface area contributed by atoms with E-state index in [0.29, 0.717) is 12.2 Å². The van der Waals surface area contributed by atoms with Crippen LogP contribution in [0.15, 0.2) is 36.4 Å². The molecule has 1 heterocycles. The van der Waals surface area contributed by atoms with Crippen molar-refractivity contribution in [2.45, 2.75) is 32.7 Å². The SMILES string of the molecule is CC(C)(C)c1cc(CN)cc(-n2nc3ccccc3n2)c1O. The van der Waals surface area contributed by atoms with Crippen molar-refractivity contribution in [2.24, 2.45) is 5.73 Å². The molecule has 22 heavy (non-hydrogen) atoms. The van der Waals surface area contributed by atoms with Crippen molar-refractivity contribution >= 4 is 11.0 Å². The summed E-state index contributed by atoms with van der Waals surface area (Å²) >= 11 is 0. The first kappa shape index (κ1) is 14.5. The topological polar surface area (TPSA) is 77.0 Å². The molecular formula is C17H20N4O. The number of phenols is 1. The van der Waals surface area contributed by atoms with Crippen LogP contribution < -0.4 is 5.73 Å². The molecule has 3 N–H and O–H groups in total. The van der Waals surface area contributed by atoms with E-state index < -0.39 is 0 Å².